The molecule has 0 aromatic heterocycles. The van der Waals surface area contributed by atoms with Crippen molar-refractivity contribution in [2.45, 2.75) is 13.8 Å². The van der Waals surface area contributed by atoms with Crippen molar-refractivity contribution in [1.29, 1.82) is 0 Å². The molecule has 0 spiro atoms. The number of carbonyl (C=O) groups is 1. The molecule has 2 nitrogen and oxygen atoms in total. The van der Waals surface area contributed by atoms with Crippen LogP contribution < -0.4 is 5.32 Å². The maximum absolute atomic E-state index is 13.7. The number of aryl methyl sites for hydroxylation is 2. The molecular weight excluding hydrogens is 265 g/mol. The predicted molar refractivity (Wildman–Crippen MR) is 75.3 cm³/mol. The van der Waals surface area contributed by atoms with Crippen LogP contribution in [0.2, 0.25) is 5.02 Å². The number of amides is 1. The Morgan fingerprint density at radius 1 is 1.16 bits per heavy atom. The minimum Gasteiger partial charge on any atom is -0.322 e. The zero-order valence-electron chi connectivity index (χ0n) is 10.6. The first-order chi connectivity index (χ1) is 8.97. The monoisotopic (exact) mass is 277 g/mol. The molecule has 2 aromatic carbocycles. The van der Waals surface area contributed by atoms with Gasteiger partial charge < -0.3 is 5.32 Å². The maximum atomic E-state index is 13.7. The standard InChI is InChI=1S/C15H13ClFNO/c1-9-3-6-12(14(17)7-9)15(19)18-11-5-4-10(2)13(16)8-11/h3-8H,1-2H3,(H,18,19). The molecule has 0 aliphatic heterocycles. The van der Waals surface area contributed by atoms with E-state index >= 15 is 0 Å². The third-order valence-corrected chi connectivity index (χ3v) is 3.21. The fourth-order valence-electron chi connectivity index (χ4n) is 1.67. The largest absolute Gasteiger partial charge is 0.322 e. The molecule has 98 valence electrons. The highest BCUT2D eigenvalue weighted by Gasteiger charge is 2.12. The van der Waals surface area contributed by atoms with Crippen molar-refractivity contribution < 1.29 is 9.18 Å². The van der Waals surface area contributed by atoms with Crippen LogP contribution in [0.15, 0.2) is 36.4 Å². The van der Waals surface area contributed by atoms with Crippen molar-refractivity contribution in [3.8, 4) is 0 Å². The van der Waals surface area contributed by atoms with Gasteiger partial charge >= 0.3 is 0 Å². The highest BCUT2D eigenvalue weighted by atomic mass is 35.5. The van der Waals surface area contributed by atoms with Gasteiger partial charge in [0, 0.05) is 10.7 Å². The zero-order valence-corrected chi connectivity index (χ0v) is 11.4. The summed E-state index contributed by atoms with van der Waals surface area (Å²) in [6.45, 7) is 3.64. The quantitative estimate of drug-likeness (QED) is 0.869. The maximum Gasteiger partial charge on any atom is 0.258 e. The first-order valence-electron chi connectivity index (χ1n) is 5.81. The summed E-state index contributed by atoms with van der Waals surface area (Å²) in [5, 5.41) is 3.18. The lowest BCUT2D eigenvalue weighted by Gasteiger charge is -2.08. The second kappa shape index (κ2) is 5.41. The summed E-state index contributed by atoms with van der Waals surface area (Å²) in [5.74, 6) is -1.02. The first-order valence-corrected chi connectivity index (χ1v) is 6.19. The van der Waals surface area contributed by atoms with Crippen LogP contribution in [-0.2, 0) is 0 Å². The lowest BCUT2D eigenvalue weighted by Crippen LogP contribution is -2.13. The Labute approximate surface area is 116 Å². The third kappa shape index (κ3) is 3.12. The Morgan fingerprint density at radius 2 is 1.89 bits per heavy atom. The van der Waals surface area contributed by atoms with E-state index in [1.807, 2.05) is 6.92 Å². The molecule has 0 bridgehead atoms. The topological polar surface area (TPSA) is 29.1 Å². The number of rotatable bonds is 2. The van der Waals surface area contributed by atoms with Crippen LogP contribution >= 0.6 is 11.6 Å². The van der Waals surface area contributed by atoms with Crippen LogP contribution in [0.3, 0.4) is 0 Å². The molecule has 0 atom stereocenters. The Balaban J connectivity index is 2.23. The van der Waals surface area contributed by atoms with Gasteiger partial charge in [-0.2, -0.15) is 0 Å². The minimum atomic E-state index is -0.532. The molecule has 19 heavy (non-hydrogen) atoms. The predicted octanol–water partition coefficient (Wildman–Crippen LogP) is 4.35. The molecule has 0 aliphatic carbocycles. The smallest absolute Gasteiger partial charge is 0.258 e. The molecule has 0 radical (unpaired) electrons. The van der Waals surface area contributed by atoms with Gasteiger partial charge in [-0.25, -0.2) is 4.39 Å². The van der Waals surface area contributed by atoms with Crippen LogP contribution in [-0.4, -0.2) is 5.91 Å². The molecule has 1 amide bonds. The number of hydrogen-bond donors (Lipinski definition) is 1. The van der Waals surface area contributed by atoms with E-state index in [0.717, 1.165) is 11.1 Å². The average Bonchev–Trinajstić information content (AvgIpc) is 2.33. The Hall–Kier alpha value is -1.87. The molecule has 0 saturated heterocycles. The number of anilines is 1. The van der Waals surface area contributed by atoms with Crippen molar-refractivity contribution in [2.24, 2.45) is 0 Å². The van der Waals surface area contributed by atoms with Crippen LogP contribution in [0.1, 0.15) is 21.5 Å². The molecule has 4 heteroatoms. The van der Waals surface area contributed by atoms with E-state index in [4.69, 9.17) is 11.6 Å². The van der Waals surface area contributed by atoms with Gasteiger partial charge in [0.1, 0.15) is 5.82 Å². The Kier molecular flexibility index (Phi) is 3.86. The van der Waals surface area contributed by atoms with E-state index < -0.39 is 11.7 Å². The minimum absolute atomic E-state index is 0.0160. The molecule has 0 saturated carbocycles. The molecular formula is C15H13ClFNO. The van der Waals surface area contributed by atoms with Crippen molar-refractivity contribution in [1.82, 2.24) is 0 Å². The van der Waals surface area contributed by atoms with Gasteiger partial charge in [-0.15, -0.1) is 0 Å². The summed E-state index contributed by atoms with van der Waals surface area (Å²) in [6.07, 6.45) is 0. The van der Waals surface area contributed by atoms with E-state index in [0.29, 0.717) is 10.7 Å². The number of carbonyl (C=O) groups excluding carboxylic acids is 1. The van der Waals surface area contributed by atoms with Gasteiger partial charge in [-0.05, 0) is 49.2 Å². The van der Waals surface area contributed by atoms with Crippen LogP contribution in [0.25, 0.3) is 0 Å². The highest BCUT2D eigenvalue weighted by Crippen LogP contribution is 2.21. The lowest BCUT2D eigenvalue weighted by atomic mass is 10.1. The fraction of sp³-hybridized carbons (Fsp3) is 0.133. The van der Waals surface area contributed by atoms with Gasteiger partial charge in [0.15, 0.2) is 0 Å². The number of benzene rings is 2. The second-order valence-electron chi connectivity index (χ2n) is 4.40. The summed E-state index contributed by atoms with van der Waals surface area (Å²) >= 11 is 5.97. The van der Waals surface area contributed by atoms with E-state index in [-0.39, 0.29) is 5.56 Å². The number of nitrogens with one attached hydrogen (secondary N) is 1. The normalized spacial score (nSPS) is 10.3. The SMILES string of the molecule is Cc1ccc(C(=O)Nc2ccc(C)c(Cl)c2)c(F)c1. The molecule has 0 heterocycles. The Morgan fingerprint density at radius 3 is 2.53 bits per heavy atom. The highest BCUT2D eigenvalue weighted by molar-refractivity contribution is 6.31. The molecule has 1 N–H and O–H groups in total. The van der Waals surface area contributed by atoms with Gasteiger partial charge in [-0.3, -0.25) is 4.79 Å². The van der Waals surface area contributed by atoms with Crippen molar-refractivity contribution in [3.63, 3.8) is 0 Å². The number of hydrogen-bond acceptors (Lipinski definition) is 1. The first kappa shape index (κ1) is 13.6. The molecule has 0 unspecified atom stereocenters. The van der Waals surface area contributed by atoms with E-state index in [1.165, 1.54) is 12.1 Å². The molecule has 0 fully saturated rings. The van der Waals surface area contributed by atoms with E-state index in [1.54, 1.807) is 31.2 Å². The van der Waals surface area contributed by atoms with Gasteiger partial charge in [0.2, 0.25) is 0 Å². The van der Waals surface area contributed by atoms with Crippen LogP contribution in [0.5, 0.6) is 0 Å². The summed E-state index contributed by atoms with van der Waals surface area (Å²) in [6, 6.07) is 9.66. The van der Waals surface area contributed by atoms with Gasteiger partial charge in [0.25, 0.3) is 5.91 Å². The zero-order chi connectivity index (χ0) is 14.0. The summed E-state index contributed by atoms with van der Waals surface area (Å²) in [5.41, 5.74) is 2.25. The third-order valence-electron chi connectivity index (χ3n) is 2.80. The number of halogens is 2. The van der Waals surface area contributed by atoms with Crippen molar-refractivity contribution >= 4 is 23.2 Å². The van der Waals surface area contributed by atoms with E-state index in [9.17, 15) is 9.18 Å². The summed E-state index contributed by atoms with van der Waals surface area (Å²) in [4.78, 5) is 11.9. The molecule has 2 aromatic rings. The summed E-state index contributed by atoms with van der Waals surface area (Å²) in [7, 11) is 0. The van der Waals surface area contributed by atoms with Crippen molar-refractivity contribution in [3.05, 3.63) is 63.9 Å². The molecule has 2 rings (SSSR count). The van der Waals surface area contributed by atoms with E-state index in [2.05, 4.69) is 5.32 Å². The van der Waals surface area contributed by atoms with Crippen LogP contribution in [0, 0.1) is 19.7 Å². The summed E-state index contributed by atoms with van der Waals surface area (Å²) < 4.78 is 13.7. The van der Waals surface area contributed by atoms with Gasteiger partial charge in [0.05, 0.1) is 5.56 Å². The van der Waals surface area contributed by atoms with Crippen molar-refractivity contribution in [2.75, 3.05) is 5.32 Å². The van der Waals surface area contributed by atoms with Gasteiger partial charge in [-0.1, -0.05) is 23.7 Å². The second-order valence-corrected chi connectivity index (χ2v) is 4.81. The Bertz CT molecular complexity index is 640. The fourth-order valence-corrected chi connectivity index (χ4v) is 1.85. The lowest BCUT2D eigenvalue weighted by molar-refractivity contribution is 0.102. The molecule has 0 aliphatic rings. The average molecular weight is 278 g/mol. The van der Waals surface area contributed by atoms with Crippen LogP contribution in [0.4, 0.5) is 10.1 Å².